The molecule has 2 aromatic heterocycles. The maximum atomic E-state index is 11.4. The molecule has 1 aliphatic heterocycles. The van der Waals surface area contributed by atoms with E-state index < -0.39 is 18.1 Å². The third-order valence-electron chi connectivity index (χ3n) is 4.58. The first-order valence-corrected chi connectivity index (χ1v) is 11.0. The fraction of sp³-hybridized carbons (Fsp3) is 0.238. The molecule has 1 saturated heterocycles. The van der Waals surface area contributed by atoms with Gasteiger partial charge < -0.3 is 31.1 Å². The van der Waals surface area contributed by atoms with Gasteiger partial charge >= 0.3 is 12.1 Å². The number of halogens is 3. The van der Waals surface area contributed by atoms with Crippen LogP contribution in [-0.2, 0) is 9.53 Å². The van der Waals surface area contributed by atoms with Gasteiger partial charge in [-0.2, -0.15) is 13.2 Å². The maximum Gasteiger partial charge on any atom is 0.490 e. The normalized spacial score (nSPS) is 13.4. The number of rotatable bonds is 6. The summed E-state index contributed by atoms with van der Waals surface area (Å²) in [6.07, 6.45) is -3.39. The molecule has 4 rings (SSSR count). The molecule has 3 aromatic rings. The number of pyridine rings is 1. The van der Waals surface area contributed by atoms with Gasteiger partial charge in [0.15, 0.2) is 5.69 Å². The number of carboxylic acids is 1. The van der Waals surface area contributed by atoms with Crippen molar-refractivity contribution in [1.82, 2.24) is 9.97 Å². The number of alkyl halides is 3. The zero-order valence-corrected chi connectivity index (χ0v) is 18.9. The van der Waals surface area contributed by atoms with Crippen LogP contribution in [0.5, 0.6) is 0 Å². The highest BCUT2D eigenvalue weighted by molar-refractivity contribution is 7.14. The number of aliphatic carboxylic acids is 1. The van der Waals surface area contributed by atoms with Gasteiger partial charge in [-0.15, -0.1) is 11.3 Å². The highest BCUT2D eigenvalue weighted by atomic mass is 32.1. The van der Waals surface area contributed by atoms with Crippen molar-refractivity contribution in [3.05, 3.63) is 53.8 Å². The number of nitrogens with two attached hydrogens (primary N) is 1. The van der Waals surface area contributed by atoms with Gasteiger partial charge in [0, 0.05) is 42.4 Å². The summed E-state index contributed by atoms with van der Waals surface area (Å²) in [5.41, 5.74) is 10.1. The number of amides is 1. The monoisotopic (exact) mass is 510 g/mol. The van der Waals surface area contributed by atoms with Crippen LogP contribution >= 0.6 is 11.3 Å². The molecule has 0 saturated carbocycles. The summed E-state index contributed by atoms with van der Waals surface area (Å²) in [6.45, 7) is 3.35. The van der Waals surface area contributed by atoms with Crippen LogP contribution in [0.25, 0.3) is 0 Å². The number of carboxylic acid groups (broad SMARTS) is 1. The number of morpholine rings is 1. The number of hydrogen-bond acceptors (Lipinski definition) is 9. The van der Waals surface area contributed by atoms with Crippen molar-refractivity contribution < 1.29 is 32.6 Å². The van der Waals surface area contributed by atoms with E-state index in [0.717, 1.165) is 37.7 Å². The Balaban J connectivity index is 0.000000429. The van der Waals surface area contributed by atoms with Crippen molar-refractivity contribution in [3.8, 4) is 0 Å². The molecular weight excluding hydrogens is 489 g/mol. The molecule has 186 valence electrons. The molecule has 3 heterocycles. The van der Waals surface area contributed by atoms with E-state index in [1.54, 1.807) is 11.7 Å². The van der Waals surface area contributed by atoms with E-state index in [1.807, 2.05) is 24.3 Å². The first kappa shape index (κ1) is 25.7. The Morgan fingerprint density at radius 3 is 2.31 bits per heavy atom. The Labute approximate surface area is 201 Å². The van der Waals surface area contributed by atoms with Gasteiger partial charge in [-0.05, 0) is 30.3 Å². The zero-order valence-electron chi connectivity index (χ0n) is 18.1. The summed E-state index contributed by atoms with van der Waals surface area (Å²) in [7, 11) is 0. The van der Waals surface area contributed by atoms with Gasteiger partial charge in [0.1, 0.15) is 10.8 Å². The van der Waals surface area contributed by atoms with E-state index in [1.165, 1.54) is 17.0 Å². The van der Waals surface area contributed by atoms with Crippen molar-refractivity contribution in [2.24, 2.45) is 5.73 Å². The smallest absolute Gasteiger partial charge is 0.475 e. The molecule has 0 aliphatic carbocycles. The molecule has 5 N–H and O–H groups in total. The lowest BCUT2D eigenvalue weighted by molar-refractivity contribution is -0.192. The van der Waals surface area contributed by atoms with Crippen LogP contribution in [0.1, 0.15) is 10.5 Å². The second-order valence-electron chi connectivity index (χ2n) is 7.02. The number of ether oxygens (including phenoxy) is 1. The molecule has 0 bridgehead atoms. The van der Waals surface area contributed by atoms with E-state index in [-0.39, 0.29) is 5.69 Å². The molecular formula is C21H21F3N6O4S. The fourth-order valence-corrected chi connectivity index (χ4v) is 3.65. The van der Waals surface area contributed by atoms with E-state index in [9.17, 15) is 18.0 Å². The largest absolute Gasteiger partial charge is 0.490 e. The molecule has 10 nitrogen and oxygen atoms in total. The minimum absolute atomic E-state index is 0.232. The van der Waals surface area contributed by atoms with Crippen LogP contribution < -0.4 is 21.3 Å². The zero-order chi connectivity index (χ0) is 25.4. The Morgan fingerprint density at radius 1 is 1.06 bits per heavy atom. The molecule has 0 unspecified atom stereocenters. The van der Waals surface area contributed by atoms with E-state index in [0.29, 0.717) is 10.8 Å². The molecule has 1 amide bonds. The molecule has 35 heavy (non-hydrogen) atoms. The van der Waals surface area contributed by atoms with Crippen molar-refractivity contribution in [3.63, 3.8) is 0 Å². The van der Waals surface area contributed by atoms with Gasteiger partial charge in [-0.3, -0.25) is 4.79 Å². The van der Waals surface area contributed by atoms with Crippen LogP contribution in [0, 0.1) is 0 Å². The van der Waals surface area contributed by atoms with Gasteiger partial charge in [0.2, 0.25) is 0 Å². The Morgan fingerprint density at radius 2 is 1.71 bits per heavy atom. The van der Waals surface area contributed by atoms with E-state index in [2.05, 4.69) is 37.6 Å². The molecule has 1 aromatic carbocycles. The Kier molecular flexibility index (Phi) is 8.43. The summed E-state index contributed by atoms with van der Waals surface area (Å²) >= 11 is 1.32. The lowest BCUT2D eigenvalue weighted by Crippen LogP contribution is -2.36. The molecule has 1 aliphatic rings. The summed E-state index contributed by atoms with van der Waals surface area (Å²) in [5.74, 6) is -2.63. The number of aromatic nitrogens is 2. The number of primary amides is 1. The molecule has 1 fully saturated rings. The number of anilines is 5. The van der Waals surface area contributed by atoms with Crippen molar-refractivity contribution in [2.45, 2.75) is 6.18 Å². The number of carbonyl (C=O) groups is 2. The van der Waals surface area contributed by atoms with Crippen molar-refractivity contribution >= 4 is 51.1 Å². The number of benzene rings is 1. The maximum absolute atomic E-state index is 11.4. The topological polar surface area (TPSA) is 143 Å². The summed E-state index contributed by atoms with van der Waals surface area (Å²) in [6, 6.07) is 11.9. The molecule has 0 radical (unpaired) electrons. The quantitative estimate of drug-likeness (QED) is 0.391. The van der Waals surface area contributed by atoms with Crippen LogP contribution in [-0.4, -0.2) is 59.4 Å². The number of nitrogens with one attached hydrogen (secondary N) is 2. The second-order valence-corrected chi connectivity index (χ2v) is 7.88. The second kappa shape index (κ2) is 11.5. The Hall–Kier alpha value is -3.91. The summed E-state index contributed by atoms with van der Waals surface area (Å²) < 4.78 is 37.1. The summed E-state index contributed by atoms with van der Waals surface area (Å²) in [4.78, 5) is 31.0. The average Bonchev–Trinajstić information content (AvgIpc) is 3.29. The molecule has 14 heteroatoms. The lowest BCUT2D eigenvalue weighted by Gasteiger charge is -2.28. The van der Waals surface area contributed by atoms with Gasteiger partial charge in [0.25, 0.3) is 5.91 Å². The first-order chi connectivity index (χ1) is 16.6. The molecule has 0 atom stereocenters. The van der Waals surface area contributed by atoms with Gasteiger partial charge in [0.05, 0.1) is 18.7 Å². The predicted octanol–water partition coefficient (Wildman–Crippen LogP) is 3.59. The lowest BCUT2D eigenvalue weighted by atomic mass is 10.2. The third kappa shape index (κ3) is 7.55. The third-order valence-corrected chi connectivity index (χ3v) is 5.32. The number of carbonyl (C=O) groups excluding carboxylic acids is 1. The SMILES string of the molecule is NC(=O)c1ncsc1Nc1ccnc(Nc2ccc(N3CCOCC3)cc2)c1.O=C(O)C(F)(F)F. The highest BCUT2D eigenvalue weighted by Gasteiger charge is 2.38. The minimum Gasteiger partial charge on any atom is -0.475 e. The van der Waals surface area contributed by atoms with E-state index in [4.69, 9.17) is 20.4 Å². The summed E-state index contributed by atoms with van der Waals surface area (Å²) in [5, 5.41) is 14.2. The standard InChI is InChI=1S/C19H20N6O2S.C2HF3O2/c20-18(26)17-19(28-12-22-17)24-14-5-6-21-16(11-14)23-13-1-3-15(4-2-13)25-7-9-27-10-8-25;3-2(4,5)1(6)7/h1-6,11-12H,7-10H2,(H2,20,26)(H2,21,23,24);(H,6,7). The van der Waals surface area contributed by atoms with Crippen molar-refractivity contribution in [2.75, 3.05) is 41.8 Å². The van der Waals surface area contributed by atoms with Crippen LogP contribution in [0.2, 0.25) is 0 Å². The molecule has 0 spiro atoms. The highest BCUT2D eigenvalue weighted by Crippen LogP contribution is 2.27. The predicted molar refractivity (Wildman–Crippen MR) is 125 cm³/mol. The van der Waals surface area contributed by atoms with Gasteiger partial charge in [-0.1, -0.05) is 0 Å². The fourth-order valence-electron chi connectivity index (χ4n) is 2.94. The Bertz CT molecular complexity index is 1150. The van der Waals surface area contributed by atoms with Gasteiger partial charge in [-0.25, -0.2) is 14.8 Å². The number of thiazole rings is 1. The first-order valence-electron chi connectivity index (χ1n) is 10.1. The minimum atomic E-state index is -5.08. The van der Waals surface area contributed by atoms with Crippen LogP contribution in [0.4, 0.5) is 41.1 Å². The van der Waals surface area contributed by atoms with E-state index >= 15 is 0 Å². The van der Waals surface area contributed by atoms with Crippen LogP contribution in [0.15, 0.2) is 48.1 Å². The number of hydrogen-bond donors (Lipinski definition) is 4. The number of nitrogens with zero attached hydrogens (tertiary/aromatic N) is 3. The van der Waals surface area contributed by atoms with Crippen LogP contribution in [0.3, 0.4) is 0 Å². The van der Waals surface area contributed by atoms with Crippen molar-refractivity contribution in [1.29, 1.82) is 0 Å². The average molecular weight is 510 g/mol.